The van der Waals surface area contributed by atoms with E-state index in [0.29, 0.717) is 23.8 Å². The number of esters is 1. The summed E-state index contributed by atoms with van der Waals surface area (Å²) in [7, 11) is 6.01. The third kappa shape index (κ3) is 3.94. The minimum absolute atomic E-state index is 0.264. The molecular formula is C13H19NO5. The first-order chi connectivity index (χ1) is 9.15. The molecule has 0 spiro atoms. The summed E-state index contributed by atoms with van der Waals surface area (Å²) in [5.74, 6) is 1.38. The van der Waals surface area contributed by atoms with Crippen molar-refractivity contribution in [3.8, 4) is 17.2 Å². The monoisotopic (exact) mass is 269 g/mol. The Balaban J connectivity index is 2.81. The lowest BCUT2D eigenvalue weighted by atomic mass is 10.2. The molecule has 0 heterocycles. The Bertz CT molecular complexity index is 408. The molecule has 0 bridgehead atoms. The molecule has 106 valence electrons. The van der Waals surface area contributed by atoms with Gasteiger partial charge in [-0.15, -0.1) is 0 Å². The van der Waals surface area contributed by atoms with Gasteiger partial charge in [0, 0.05) is 24.4 Å². The van der Waals surface area contributed by atoms with Crippen molar-refractivity contribution in [2.45, 2.75) is 6.42 Å². The normalized spacial score (nSPS) is 9.68. The Morgan fingerprint density at radius 2 is 1.63 bits per heavy atom. The lowest BCUT2D eigenvalue weighted by Crippen LogP contribution is -2.10. The van der Waals surface area contributed by atoms with Gasteiger partial charge < -0.3 is 24.3 Å². The van der Waals surface area contributed by atoms with Crippen LogP contribution in [0, 0.1) is 0 Å². The second-order valence-corrected chi connectivity index (χ2v) is 3.67. The van der Waals surface area contributed by atoms with Crippen molar-refractivity contribution in [3.63, 3.8) is 0 Å². The van der Waals surface area contributed by atoms with Gasteiger partial charge in [-0.1, -0.05) is 0 Å². The predicted octanol–water partition coefficient (Wildman–Crippen LogP) is 1.69. The number of ether oxygens (including phenoxy) is 4. The molecule has 0 aromatic heterocycles. The van der Waals surface area contributed by atoms with E-state index in [4.69, 9.17) is 14.2 Å². The zero-order valence-electron chi connectivity index (χ0n) is 11.6. The number of hydrogen-bond donors (Lipinski definition) is 1. The van der Waals surface area contributed by atoms with Crippen molar-refractivity contribution in [1.82, 2.24) is 0 Å². The molecule has 6 nitrogen and oxygen atoms in total. The highest BCUT2D eigenvalue weighted by Crippen LogP contribution is 2.39. The Hall–Kier alpha value is -2.11. The fourth-order valence-corrected chi connectivity index (χ4v) is 1.59. The van der Waals surface area contributed by atoms with Gasteiger partial charge in [0.25, 0.3) is 0 Å². The molecule has 0 fully saturated rings. The molecule has 0 saturated carbocycles. The number of carbonyl (C=O) groups excluding carboxylic acids is 1. The lowest BCUT2D eigenvalue weighted by molar-refractivity contribution is -0.140. The molecule has 0 radical (unpaired) electrons. The number of benzene rings is 1. The Morgan fingerprint density at radius 3 is 2.05 bits per heavy atom. The molecule has 0 unspecified atom stereocenters. The van der Waals surface area contributed by atoms with E-state index in [1.165, 1.54) is 7.11 Å². The zero-order valence-corrected chi connectivity index (χ0v) is 11.6. The van der Waals surface area contributed by atoms with Crippen molar-refractivity contribution >= 4 is 11.7 Å². The third-order valence-corrected chi connectivity index (χ3v) is 2.55. The molecule has 1 rings (SSSR count). The van der Waals surface area contributed by atoms with Crippen LogP contribution in [0.1, 0.15) is 6.42 Å². The Morgan fingerprint density at radius 1 is 1.05 bits per heavy atom. The Labute approximate surface area is 112 Å². The lowest BCUT2D eigenvalue weighted by Gasteiger charge is -2.14. The molecule has 0 amide bonds. The summed E-state index contributed by atoms with van der Waals surface area (Å²) in [4.78, 5) is 11.0. The summed E-state index contributed by atoms with van der Waals surface area (Å²) in [5, 5.41) is 3.09. The molecular weight excluding hydrogens is 250 g/mol. The van der Waals surface area contributed by atoms with Crippen LogP contribution in [0.5, 0.6) is 17.2 Å². The highest BCUT2D eigenvalue weighted by Gasteiger charge is 2.13. The number of rotatable bonds is 7. The molecule has 0 aliphatic carbocycles. The van der Waals surface area contributed by atoms with Crippen LogP contribution in [0.2, 0.25) is 0 Å². The van der Waals surface area contributed by atoms with Crippen LogP contribution in [0.4, 0.5) is 5.69 Å². The average molecular weight is 269 g/mol. The van der Waals surface area contributed by atoms with Crippen LogP contribution in [0.15, 0.2) is 12.1 Å². The van der Waals surface area contributed by atoms with E-state index in [-0.39, 0.29) is 12.4 Å². The number of carbonyl (C=O) groups is 1. The van der Waals surface area contributed by atoms with Gasteiger partial charge in [0.1, 0.15) is 0 Å². The molecule has 6 heteroatoms. The Kier molecular flexibility index (Phi) is 5.78. The van der Waals surface area contributed by atoms with E-state index in [9.17, 15) is 4.79 Å². The summed E-state index contributed by atoms with van der Waals surface area (Å²) in [6, 6.07) is 3.55. The van der Waals surface area contributed by atoms with Gasteiger partial charge in [-0.25, -0.2) is 0 Å². The summed E-state index contributed by atoms with van der Waals surface area (Å²) in [6.45, 7) is 0.464. The van der Waals surface area contributed by atoms with Gasteiger partial charge in [-0.3, -0.25) is 4.79 Å². The van der Waals surface area contributed by atoms with E-state index >= 15 is 0 Å². The summed E-state index contributed by atoms with van der Waals surface area (Å²) in [6.07, 6.45) is 0.285. The van der Waals surface area contributed by atoms with Gasteiger partial charge in [0.15, 0.2) is 11.5 Å². The van der Waals surface area contributed by atoms with Crippen molar-refractivity contribution in [3.05, 3.63) is 12.1 Å². The average Bonchev–Trinajstić information content (AvgIpc) is 2.45. The maximum Gasteiger partial charge on any atom is 0.307 e. The van der Waals surface area contributed by atoms with E-state index in [0.717, 1.165) is 5.69 Å². The van der Waals surface area contributed by atoms with Crippen molar-refractivity contribution in [2.24, 2.45) is 0 Å². The fraction of sp³-hybridized carbons (Fsp3) is 0.462. The first kappa shape index (κ1) is 14.9. The van der Waals surface area contributed by atoms with E-state index in [1.54, 1.807) is 33.5 Å². The minimum atomic E-state index is -0.264. The maximum absolute atomic E-state index is 11.0. The van der Waals surface area contributed by atoms with Crippen LogP contribution in [0.3, 0.4) is 0 Å². The zero-order chi connectivity index (χ0) is 14.3. The molecule has 1 aromatic carbocycles. The molecule has 0 aliphatic heterocycles. The maximum atomic E-state index is 11.0. The first-order valence-corrected chi connectivity index (χ1v) is 5.77. The second kappa shape index (κ2) is 7.35. The molecule has 0 atom stereocenters. The predicted molar refractivity (Wildman–Crippen MR) is 71.2 cm³/mol. The smallest absolute Gasteiger partial charge is 0.307 e. The minimum Gasteiger partial charge on any atom is -0.493 e. The first-order valence-electron chi connectivity index (χ1n) is 5.77. The van der Waals surface area contributed by atoms with E-state index in [1.807, 2.05) is 0 Å². The van der Waals surface area contributed by atoms with Gasteiger partial charge >= 0.3 is 5.97 Å². The summed E-state index contributed by atoms with van der Waals surface area (Å²) < 4.78 is 20.3. The quantitative estimate of drug-likeness (QED) is 0.760. The standard InChI is InChI=1S/C13H19NO5/c1-16-10-7-9(14-6-5-12(15)18-3)8-11(17-2)13(10)19-4/h7-8,14H,5-6H2,1-4H3. The molecule has 0 saturated heterocycles. The fourth-order valence-electron chi connectivity index (χ4n) is 1.59. The summed E-state index contributed by atoms with van der Waals surface area (Å²) >= 11 is 0. The van der Waals surface area contributed by atoms with Crippen molar-refractivity contribution in [1.29, 1.82) is 0 Å². The van der Waals surface area contributed by atoms with Gasteiger partial charge in [-0.2, -0.15) is 0 Å². The highest BCUT2D eigenvalue weighted by atomic mass is 16.5. The van der Waals surface area contributed by atoms with E-state index in [2.05, 4.69) is 10.1 Å². The molecule has 1 aromatic rings. The van der Waals surface area contributed by atoms with Crippen LogP contribution < -0.4 is 19.5 Å². The number of anilines is 1. The highest BCUT2D eigenvalue weighted by molar-refractivity contribution is 5.70. The topological polar surface area (TPSA) is 66.0 Å². The van der Waals surface area contributed by atoms with Gasteiger partial charge in [-0.05, 0) is 0 Å². The SMILES string of the molecule is COC(=O)CCNc1cc(OC)c(OC)c(OC)c1. The van der Waals surface area contributed by atoms with Crippen LogP contribution in [0.25, 0.3) is 0 Å². The number of nitrogens with one attached hydrogen (secondary N) is 1. The van der Waals surface area contributed by atoms with Crippen LogP contribution in [-0.4, -0.2) is 41.0 Å². The van der Waals surface area contributed by atoms with Gasteiger partial charge in [0.2, 0.25) is 5.75 Å². The molecule has 19 heavy (non-hydrogen) atoms. The van der Waals surface area contributed by atoms with Gasteiger partial charge in [0.05, 0.1) is 34.9 Å². The number of methoxy groups -OCH3 is 4. The van der Waals surface area contributed by atoms with Crippen LogP contribution >= 0.6 is 0 Å². The molecule has 0 aliphatic rings. The van der Waals surface area contributed by atoms with E-state index < -0.39 is 0 Å². The van der Waals surface area contributed by atoms with Crippen LogP contribution in [-0.2, 0) is 9.53 Å². The van der Waals surface area contributed by atoms with Crippen molar-refractivity contribution < 1.29 is 23.7 Å². The van der Waals surface area contributed by atoms with Crippen molar-refractivity contribution in [2.75, 3.05) is 40.3 Å². The molecule has 1 N–H and O–H groups in total. The summed E-state index contributed by atoms with van der Waals surface area (Å²) in [5.41, 5.74) is 0.776. The number of hydrogen-bond acceptors (Lipinski definition) is 6. The second-order valence-electron chi connectivity index (χ2n) is 3.67. The largest absolute Gasteiger partial charge is 0.493 e. The third-order valence-electron chi connectivity index (χ3n) is 2.55.